The van der Waals surface area contributed by atoms with Gasteiger partial charge in [0, 0.05) is 37.3 Å². The Morgan fingerprint density at radius 3 is 2.66 bits per heavy atom. The summed E-state index contributed by atoms with van der Waals surface area (Å²) < 4.78 is 9.89. The van der Waals surface area contributed by atoms with Crippen molar-refractivity contribution in [1.29, 1.82) is 0 Å². The number of aromatic nitrogens is 5. The maximum absolute atomic E-state index is 13.3. The molecule has 0 bridgehead atoms. The number of nitrogens with zero attached hydrogens (tertiary/aromatic N) is 5. The van der Waals surface area contributed by atoms with Gasteiger partial charge < -0.3 is 4.42 Å². The molecule has 144 valence electrons. The van der Waals surface area contributed by atoms with Crippen molar-refractivity contribution in [3.63, 3.8) is 0 Å². The summed E-state index contributed by atoms with van der Waals surface area (Å²) >= 11 is 6.26. The second-order valence-corrected chi connectivity index (χ2v) is 7.06. The highest BCUT2D eigenvalue weighted by atomic mass is 35.5. The van der Waals surface area contributed by atoms with E-state index < -0.39 is 11.2 Å². The van der Waals surface area contributed by atoms with Crippen LogP contribution in [0, 0.1) is 0 Å². The number of hydrogen-bond acceptors (Lipinski definition) is 5. The minimum Gasteiger partial charge on any atom is -0.449 e. The van der Waals surface area contributed by atoms with Crippen molar-refractivity contribution in [3.8, 4) is 17.0 Å². The van der Waals surface area contributed by atoms with Gasteiger partial charge >= 0.3 is 11.2 Å². The van der Waals surface area contributed by atoms with Gasteiger partial charge in [-0.15, -0.1) is 0 Å². The van der Waals surface area contributed by atoms with E-state index in [2.05, 4.69) is 10.1 Å². The summed E-state index contributed by atoms with van der Waals surface area (Å²) in [7, 11) is 3.32. The summed E-state index contributed by atoms with van der Waals surface area (Å²) in [6.07, 6.45) is 4.72. The van der Waals surface area contributed by atoms with E-state index in [0.717, 1.165) is 9.95 Å². The van der Waals surface area contributed by atoms with Gasteiger partial charge in [-0.1, -0.05) is 23.7 Å². The second kappa shape index (κ2) is 6.18. The standard InChI is InChI=1S/C20H14ClN5O3/c1-24-14-7-16(12-5-3-4-6-13(12)21)29-18(14)19(27)26(20(24)28)15-10-22-8-11-9-23-25(2)17(11)15/h3-10H,1-2H3. The molecule has 0 spiro atoms. The summed E-state index contributed by atoms with van der Waals surface area (Å²) in [6.45, 7) is 0. The number of aryl methyl sites for hydroxylation is 2. The molecule has 0 radical (unpaired) electrons. The molecule has 4 aromatic heterocycles. The molecule has 29 heavy (non-hydrogen) atoms. The maximum atomic E-state index is 13.3. The summed E-state index contributed by atoms with van der Waals surface area (Å²) in [5, 5.41) is 5.40. The van der Waals surface area contributed by atoms with Crippen LogP contribution >= 0.6 is 11.6 Å². The molecule has 0 fully saturated rings. The summed E-state index contributed by atoms with van der Waals surface area (Å²) in [5.41, 5.74) is 0.959. The molecule has 8 nitrogen and oxygen atoms in total. The SMILES string of the molecule is Cn1ncc2cncc(-n3c(=O)c4oc(-c5ccccc5Cl)cc4n(C)c3=O)c21. The summed E-state index contributed by atoms with van der Waals surface area (Å²) in [6, 6.07) is 8.79. The van der Waals surface area contributed by atoms with Gasteiger partial charge in [-0.3, -0.25) is 19.0 Å². The third kappa shape index (κ3) is 2.46. The Bertz CT molecular complexity index is 1540. The van der Waals surface area contributed by atoms with Crippen LogP contribution in [0.1, 0.15) is 0 Å². The van der Waals surface area contributed by atoms with Crippen molar-refractivity contribution in [2.75, 3.05) is 0 Å². The Morgan fingerprint density at radius 2 is 1.86 bits per heavy atom. The first-order chi connectivity index (χ1) is 14.0. The molecule has 9 heteroatoms. The molecule has 5 rings (SSSR count). The number of furan rings is 1. The minimum atomic E-state index is -0.572. The van der Waals surface area contributed by atoms with Crippen molar-refractivity contribution >= 4 is 33.6 Å². The fourth-order valence-corrected chi connectivity index (χ4v) is 3.74. The van der Waals surface area contributed by atoms with Crippen LogP contribution in [0.15, 0.2) is 62.9 Å². The molecule has 5 aromatic rings. The molecule has 0 aliphatic rings. The van der Waals surface area contributed by atoms with Crippen molar-refractivity contribution in [2.24, 2.45) is 14.1 Å². The zero-order valence-electron chi connectivity index (χ0n) is 15.5. The number of hydrogen-bond donors (Lipinski definition) is 0. The number of fused-ring (bicyclic) bond motifs is 2. The smallest absolute Gasteiger partial charge is 0.336 e. The zero-order valence-corrected chi connectivity index (χ0v) is 16.2. The van der Waals surface area contributed by atoms with E-state index in [-0.39, 0.29) is 5.58 Å². The molecular formula is C20H14ClN5O3. The van der Waals surface area contributed by atoms with E-state index in [9.17, 15) is 9.59 Å². The zero-order chi connectivity index (χ0) is 20.3. The number of benzene rings is 1. The average Bonchev–Trinajstić information content (AvgIpc) is 3.32. The van der Waals surface area contributed by atoms with Gasteiger partial charge in [-0.05, 0) is 12.1 Å². The number of halogens is 1. The van der Waals surface area contributed by atoms with Crippen LogP contribution in [0.4, 0.5) is 0 Å². The molecule has 4 heterocycles. The van der Waals surface area contributed by atoms with Gasteiger partial charge in [0.2, 0.25) is 5.58 Å². The minimum absolute atomic E-state index is 0.0567. The Morgan fingerprint density at radius 1 is 1.07 bits per heavy atom. The van der Waals surface area contributed by atoms with Gasteiger partial charge in [0.25, 0.3) is 0 Å². The lowest BCUT2D eigenvalue weighted by atomic mass is 10.2. The van der Waals surface area contributed by atoms with Gasteiger partial charge in [0.15, 0.2) is 0 Å². The molecule has 0 amide bonds. The quantitative estimate of drug-likeness (QED) is 0.449. The van der Waals surface area contributed by atoms with Crippen LogP contribution < -0.4 is 11.2 Å². The normalized spacial score (nSPS) is 11.6. The maximum Gasteiger partial charge on any atom is 0.336 e. The van der Waals surface area contributed by atoms with Crippen LogP contribution in [-0.4, -0.2) is 23.9 Å². The van der Waals surface area contributed by atoms with E-state index in [1.165, 1.54) is 10.8 Å². The van der Waals surface area contributed by atoms with Crippen LogP contribution in [0.25, 0.3) is 39.0 Å². The largest absolute Gasteiger partial charge is 0.449 e. The van der Waals surface area contributed by atoms with Gasteiger partial charge in [0.1, 0.15) is 5.76 Å². The van der Waals surface area contributed by atoms with E-state index >= 15 is 0 Å². The fraction of sp³-hybridized carbons (Fsp3) is 0.100. The van der Waals surface area contributed by atoms with Crippen LogP contribution in [0.3, 0.4) is 0 Å². The Kier molecular flexibility index (Phi) is 3.72. The van der Waals surface area contributed by atoms with E-state index in [1.807, 2.05) is 6.07 Å². The first-order valence-electron chi connectivity index (χ1n) is 8.74. The summed E-state index contributed by atoms with van der Waals surface area (Å²) in [5.74, 6) is 0.410. The Balaban J connectivity index is 1.87. The molecule has 0 aliphatic carbocycles. The average molecular weight is 408 g/mol. The molecule has 0 aliphatic heterocycles. The highest BCUT2D eigenvalue weighted by molar-refractivity contribution is 6.33. The Labute approximate surface area is 168 Å². The highest BCUT2D eigenvalue weighted by Gasteiger charge is 2.21. The predicted molar refractivity (Wildman–Crippen MR) is 110 cm³/mol. The molecule has 1 aromatic carbocycles. The second-order valence-electron chi connectivity index (χ2n) is 6.65. The lowest BCUT2D eigenvalue weighted by Crippen LogP contribution is -2.37. The lowest BCUT2D eigenvalue weighted by molar-refractivity contribution is 0.615. The number of pyridine rings is 1. The first-order valence-corrected chi connectivity index (χ1v) is 9.11. The summed E-state index contributed by atoms with van der Waals surface area (Å²) in [4.78, 5) is 30.5. The van der Waals surface area contributed by atoms with E-state index in [0.29, 0.717) is 33.1 Å². The van der Waals surface area contributed by atoms with E-state index in [1.54, 1.807) is 55.4 Å². The number of rotatable bonds is 2. The highest BCUT2D eigenvalue weighted by Crippen LogP contribution is 2.31. The van der Waals surface area contributed by atoms with Crippen molar-refractivity contribution < 1.29 is 4.42 Å². The molecule has 0 saturated carbocycles. The third-order valence-electron chi connectivity index (χ3n) is 4.95. The van der Waals surface area contributed by atoms with E-state index in [4.69, 9.17) is 16.0 Å². The van der Waals surface area contributed by atoms with Gasteiger partial charge in [-0.25, -0.2) is 9.36 Å². The van der Waals surface area contributed by atoms with Crippen LogP contribution in [-0.2, 0) is 14.1 Å². The molecular weight excluding hydrogens is 394 g/mol. The van der Waals surface area contributed by atoms with Crippen molar-refractivity contribution in [3.05, 3.63) is 74.8 Å². The van der Waals surface area contributed by atoms with Gasteiger partial charge in [0.05, 0.1) is 34.1 Å². The topological polar surface area (TPSA) is 87.8 Å². The molecule has 0 unspecified atom stereocenters. The van der Waals surface area contributed by atoms with Crippen LogP contribution in [0.5, 0.6) is 0 Å². The Hall–Kier alpha value is -3.65. The van der Waals surface area contributed by atoms with Crippen molar-refractivity contribution in [2.45, 2.75) is 0 Å². The fourth-order valence-electron chi connectivity index (χ4n) is 3.51. The van der Waals surface area contributed by atoms with Gasteiger partial charge in [-0.2, -0.15) is 5.10 Å². The molecule has 0 saturated heterocycles. The molecule has 0 N–H and O–H groups in total. The predicted octanol–water partition coefficient (Wildman–Crippen LogP) is 2.88. The third-order valence-corrected chi connectivity index (χ3v) is 5.28. The van der Waals surface area contributed by atoms with Crippen LogP contribution in [0.2, 0.25) is 5.02 Å². The van der Waals surface area contributed by atoms with Crippen molar-refractivity contribution in [1.82, 2.24) is 23.9 Å². The lowest BCUT2D eigenvalue weighted by Gasteiger charge is -2.09. The molecule has 0 atom stereocenters. The monoisotopic (exact) mass is 407 g/mol. The first kappa shape index (κ1) is 17.4.